The fourth-order valence-electron chi connectivity index (χ4n) is 1.56. The molecule has 0 amide bonds. The number of rotatable bonds is 2. The summed E-state index contributed by atoms with van der Waals surface area (Å²) in [4.78, 5) is 2.00. The third kappa shape index (κ3) is 2.54. The second-order valence-electron chi connectivity index (χ2n) is 3.84. The Balaban J connectivity index is 2.08. The molecule has 0 radical (unpaired) electrons. The Morgan fingerprint density at radius 1 is 1.19 bits per heavy atom. The summed E-state index contributed by atoms with van der Waals surface area (Å²) in [5.74, 6) is 0.621. The zero-order valence-corrected chi connectivity index (χ0v) is 9.25. The van der Waals surface area contributed by atoms with Gasteiger partial charge in [0.1, 0.15) is 5.75 Å². The van der Waals surface area contributed by atoms with Gasteiger partial charge in [-0.3, -0.25) is 0 Å². The van der Waals surface area contributed by atoms with Crippen LogP contribution in [0.1, 0.15) is 5.56 Å². The summed E-state index contributed by atoms with van der Waals surface area (Å²) in [6.45, 7) is 0. The molecule has 16 heavy (non-hydrogen) atoms. The van der Waals surface area contributed by atoms with Crippen molar-refractivity contribution in [1.29, 1.82) is 0 Å². The summed E-state index contributed by atoms with van der Waals surface area (Å²) >= 11 is 0. The third-order valence-corrected chi connectivity index (χ3v) is 2.52. The van der Waals surface area contributed by atoms with Crippen molar-refractivity contribution in [2.24, 2.45) is 5.92 Å². The van der Waals surface area contributed by atoms with Gasteiger partial charge in [-0.2, -0.15) is 0 Å². The van der Waals surface area contributed by atoms with Crippen LogP contribution in [0.5, 0.6) is 5.75 Å². The summed E-state index contributed by atoms with van der Waals surface area (Å²) in [5.41, 5.74) is 0.850. The van der Waals surface area contributed by atoms with E-state index < -0.39 is 0 Å². The number of phenolic OH excluding ortho intramolecular Hbond substituents is 1. The molecule has 1 N–H and O–H groups in total. The van der Waals surface area contributed by atoms with Crippen molar-refractivity contribution >= 4 is 6.08 Å². The van der Waals surface area contributed by atoms with E-state index in [1.807, 2.05) is 48.6 Å². The van der Waals surface area contributed by atoms with Crippen LogP contribution in [0.15, 0.2) is 54.9 Å². The van der Waals surface area contributed by atoms with Crippen molar-refractivity contribution in [3.8, 4) is 5.75 Å². The zero-order chi connectivity index (χ0) is 11.4. The highest BCUT2D eigenvalue weighted by Crippen LogP contribution is 2.19. The highest BCUT2D eigenvalue weighted by Gasteiger charge is 2.01. The maximum absolute atomic E-state index is 9.59. The third-order valence-electron chi connectivity index (χ3n) is 2.52. The van der Waals surface area contributed by atoms with Crippen LogP contribution < -0.4 is 0 Å². The smallest absolute Gasteiger partial charge is 0.122 e. The lowest BCUT2D eigenvalue weighted by atomic mass is 10.1. The monoisotopic (exact) mass is 213 g/mol. The van der Waals surface area contributed by atoms with Crippen LogP contribution in [0.25, 0.3) is 6.08 Å². The van der Waals surface area contributed by atoms with E-state index in [-0.39, 0.29) is 0 Å². The largest absolute Gasteiger partial charge is 0.507 e. The van der Waals surface area contributed by atoms with Crippen molar-refractivity contribution in [3.63, 3.8) is 0 Å². The highest BCUT2D eigenvalue weighted by atomic mass is 16.3. The van der Waals surface area contributed by atoms with E-state index in [4.69, 9.17) is 0 Å². The van der Waals surface area contributed by atoms with Gasteiger partial charge in [-0.1, -0.05) is 42.5 Å². The van der Waals surface area contributed by atoms with Crippen molar-refractivity contribution < 1.29 is 5.11 Å². The van der Waals surface area contributed by atoms with Crippen molar-refractivity contribution in [2.45, 2.75) is 0 Å². The molecule has 0 bridgehead atoms. The fourth-order valence-corrected chi connectivity index (χ4v) is 1.56. The van der Waals surface area contributed by atoms with Crippen LogP contribution in [0.4, 0.5) is 0 Å². The number of nitrogens with zero attached hydrogens (tertiary/aromatic N) is 1. The molecule has 2 rings (SSSR count). The van der Waals surface area contributed by atoms with Crippen LogP contribution in [0, 0.1) is 5.92 Å². The molecular formula is C14H15NO. The van der Waals surface area contributed by atoms with E-state index >= 15 is 0 Å². The highest BCUT2D eigenvalue weighted by molar-refractivity contribution is 5.57. The number of hydrogen-bond donors (Lipinski definition) is 1. The predicted molar refractivity (Wildman–Crippen MR) is 66.7 cm³/mol. The Kier molecular flexibility index (Phi) is 3.10. The Bertz CT molecular complexity index is 432. The minimum absolute atomic E-state index is 0.302. The number of para-hydroxylation sites is 1. The number of phenols is 1. The van der Waals surface area contributed by atoms with E-state index in [2.05, 4.69) is 18.2 Å². The molecule has 0 saturated carbocycles. The van der Waals surface area contributed by atoms with Crippen LogP contribution >= 0.6 is 0 Å². The number of aromatic hydroxyl groups is 1. The molecule has 0 unspecified atom stereocenters. The van der Waals surface area contributed by atoms with Crippen molar-refractivity contribution in [3.05, 3.63) is 60.5 Å². The molecule has 1 aliphatic heterocycles. The first-order valence-electron chi connectivity index (χ1n) is 5.30. The van der Waals surface area contributed by atoms with E-state index in [9.17, 15) is 5.11 Å². The van der Waals surface area contributed by atoms with Gasteiger partial charge in [0, 0.05) is 30.9 Å². The van der Waals surface area contributed by atoms with Gasteiger partial charge < -0.3 is 10.0 Å². The molecule has 1 aliphatic rings. The summed E-state index contributed by atoms with van der Waals surface area (Å²) in [7, 11) is 2.00. The minimum atomic E-state index is 0.302. The number of hydrogen-bond acceptors (Lipinski definition) is 2. The van der Waals surface area contributed by atoms with E-state index in [0.29, 0.717) is 11.7 Å². The normalized spacial score (nSPS) is 16.2. The molecule has 0 saturated heterocycles. The van der Waals surface area contributed by atoms with Crippen LogP contribution in [0.2, 0.25) is 0 Å². The molecule has 0 atom stereocenters. The van der Waals surface area contributed by atoms with Crippen LogP contribution in [-0.2, 0) is 0 Å². The number of benzene rings is 1. The topological polar surface area (TPSA) is 23.5 Å². The van der Waals surface area contributed by atoms with Crippen LogP contribution in [0.3, 0.4) is 0 Å². The first kappa shape index (κ1) is 10.6. The SMILES string of the molecule is CN1C=CC(/C=C/c2ccccc2O)C=C1. The molecule has 82 valence electrons. The maximum Gasteiger partial charge on any atom is 0.122 e. The quantitative estimate of drug-likeness (QED) is 0.816. The molecule has 1 aromatic rings. The van der Waals surface area contributed by atoms with Gasteiger partial charge in [0.2, 0.25) is 0 Å². The molecule has 0 spiro atoms. The van der Waals surface area contributed by atoms with Gasteiger partial charge in [0.15, 0.2) is 0 Å². The lowest BCUT2D eigenvalue weighted by molar-refractivity contribution is 0.474. The van der Waals surface area contributed by atoms with Gasteiger partial charge in [0.05, 0.1) is 0 Å². The summed E-state index contributed by atoms with van der Waals surface area (Å²) in [6, 6.07) is 7.33. The van der Waals surface area contributed by atoms with Gasteiger partial charge in [0.25, 0.3) is 0 Å². The van der Waals surface area contributed by atoms with E-state index in [1.165, 1.54) is 0 Å². The first-order valence-corrected chi connectivity index (χ1v) is 5.30. The standard InChI is InChI=1S/C14H15NO/c1-15-10-8-12(9-11-15)6-7-13-4-2-3-5-14(13)16/h2-12,16H,1H3/b7-6+. The van der Waals surface area contributed by atoms with Gasteiger partial charge >= 0.3 is 0 Å². The van der Waals surface area contributed by atoms with Crippen LogP contribution in [-0.4, -0.2) is 17.1 Å². The molecular weight excluding hydrogens is 198 g/mol. The first-order chi connectivity index (χ1) is 7.75. The lowest BCUT2D eigenvalue weighted by Gasteiger charge is -2.14. The summed E-state index contributed by atoms with van der Waals surface area (Å²) in [6.07, 6.45) is 12.3. The van der Waals surface area contributed by atoms with Crippen molar-refractivity contribution in [1.82, 2.24) is 4.90 Å². The van der Waals surface area contributed by atoms with Gasteiger partial charge in [-0.05, 0) is 6.07 Å². The number of allylic oxidation sites excluding steroid dienone is 3. The summed E-state index contributed by atoms with van der Waals surface area (Å²) < 4.78 is 0. The molecule has 0 fully saturated rings. The zero-order valence-electron chi connectivity index (χ0n) is 9.25. The Morgan fingerprint density at radius 2 is 1.88 bits per heavy atom. The van der Waals surface area contributed by atoms with Gasteiger partial charge in [-0.25, -0.2) is 0 Å². The Labute approximate surface area is 95.8 Å². The Hall–Kier alpha value is -1.96. The molecule has 1 aromatic carbocycles. The second kappa shape index (κ2) is 4.71. The average molecular weight is 213 g/mol. The maximum atomic E-state index is 9.59. The second-order valence-corrected chi connectivity index (χ2v) is 3.84. The van der Waals surface area contributed by atoms with Crippen molar-refractivity contribution in [2.75, 3.05) is 7.05 Å². The average Bonchev–Trinajstić information content (AvgIpc) is 2.30. The Morgan fingerprint density at radius 3 is 2.56 bits per heavy atom. The summed E-state index contributed by atoms with van der Waals surface area (Å²) in [5, 5.41) is 9.59. The minimum Gasteiger partial charge on any atom is -0.507 e. The molecule has 1 heterocycles. The fraction of sp³-hybridized carbons (Fsp3) is 0.143. The van der Waals surface area contributed by atoms with E-state index in [1.54, 1.807) is 6.07 Å². The predicted octanol–water partition coefficient (Wildman–Crippen LogP) is 2.99. The van der Waals surface area contributed by atoms with Gasteiger partial charge in [-0.15, -0.1) is 0 Å². The molecule has 0 aliphatic carbocycles. The molecule has 0 aromatic heterocycles. The van der Waals surface area contributed by atoms with E-state index in [0.717, 1.165) is 5.56 Å². The molecule has 2 nitrogen and oxygen atoms in total. The lowest BCUT2D eigenvalue weighted by Crippen LogP contribution is -2.06. The molecule has 2 heteroatoms.